The Bertz CT molecular complexity index is 766. The lowest BCUT2D eigenvalue weighted by atomic mass is 9.95. The molecule has 4 heteroatoms. The molecule has 0 aliphatic carbocycles. The summed E-state index contributed by atoms with van der Waals surface area (Å²) in [6, 6.07) is 10.8. The van der Waals surface area contributed by atoms with Gasteiger partial charge < -0.3 is 5.73 Å². The highest BCUT2D eigenvalue weighted by atomic mass is 19.2. The molecule has 1 heterocycles. The number of pyridine rings is 1. The van der Waals surface area contributed by atoms with Gasteiger partial charge in [-0.05, 0) is 34.7 Å². The van der Waals surface area contributed by atoms with E-state index in [1.807, 2.05) is 24.3 Å². The SMILES string of the molecule is NC(c1ccc(F)c(F)c1)c1cccc2cnccc12. The van der Waals surface area contributed by atoms with Crippen LogP contribution in [-0.4, -0.2) is 4.98 Å². The zero-order valence-corrected chi connectivity index (χ0v) is 10.6. The summed E-state index contributed by atoms with van der Waals surface area (Å²) < 4.78 is 26.3. The molecule has 1 atom stereocenters. The number of aromatic nitrogens is 1. The van der Waals surface area contributed by atoms with Crippen LogP contribution in [0.25, 0.3) is 10.8 Å². The number of nitrogens with zero attached hydrogens (tertiary/aromatic N) is 1. The highest BCUT2D eigenvalue weighted by Gasteiger charge is 2.14. The molecule has 0 aliphatic rings. The zero-order chi connectivity index (χ0) is 14.1. The van der Waals surface area contributed by atoms with Crippen LogP contribution in [0.5, 0.6) is 0 Å². The van der Waals surface area contributed by atoms with Crippen molar-refractivity contribution in [1.82, 2.24) is 4.98 Å². The first-order valence-electron chi connectivity index (χ1n) is 6.20. The Hall–Kier alpha value is -2.33. The summed E-state index contributed by atoms with van der Waals surface area (Å²) >= 11 is 0. The van der Waals surface area contributed by atoms with Crippen LogP contribution in [-0.2, 0) is 0 Å². The number of hydrogen-bond donors (Lipinski definition) is 1. The lowest BCUT2D eigenvalue weighted by Gasteiger charge is -2.15. The molecule has 0 fully saturated rings. The van der Waals surface area contributed by atoms with E-state index >= 15 is 0 Å². The van der Waals surface area contributed by atoms with E-state index in [1.54, 1.807) is 12.4 Å². The van der Waals surface area contributed by atoms with E-state index in [4.69, 9.17) is 5.73 Å². The summed E-state index contributed by atoms with van der Waals surface area (Å²) in [4.78, 5) is 4.06. The van der Waals surface area contributed by atoms with Crippen LogP contribution in [0.4, 0.5) is 8.78 Å². The minimum Gasteiger partial charge on any atom is -0.320 e. The quantitative estimate of drug-likeness (QED) is 0.773. The van der Waals surface area contributed by atoms with E-state index in [2.05, 4.69) is 4.98 Å². The van der Waals surface area contributed by atoms with Crippen LogP contribution in [0.2, 0.25) is 0 Å². The molecular weight excluding hydrogens is 258 g/mol. The summed E-state index contributed by atoms with van der Waals surface area (Å²) in [7, 11) is 0. The van der Waals surface area contributed by atoms with Gasteiger partial charge in [0.05, 0.1) is 6.04 Å². The van der Waals surface area contributed by atoms with Gasteiger partial charge in [-0.3, -0.25) is 4.98 Å². The number of halogens is 2. The van der Waals surface area contributed by atoms with Crippen LogP contribution in [0.15, 0.2) is 54.9 Å². The lowest BCUT2D eigenvalue weighted by Crippen LogP contribution is -2.12. The lowest BCUT2D eigenvalue weighted by molar-refractivity contribution is 0.506. The van der Waals surface area contributed by atoms with E-state index in [0.717, 1.165) is 28.5 Å². The van der Waals surface area contributed by atoms with Crippen molar-refractivity contribution in [2.75, 3.05) is 0 Å². The van der Waals surface area contributed by atoms with Gasteiger partial charge in [0, 0.05) is 17.8 Å². The zero-order valence-electron chi connectivity index (χ0n) is 10.6. The second kappa shape index (κ2) is 4.98. The fraction of sp³-hybridized carbons (Fsp3) is 0.0625. The highest BCUT2D eigenvalue weighted by molar-refractivity contribution is 5.85. The Morgan fingerprint density at radius 2 is 1.85 bits per heavy atom. The Morgan fingerprint density at radius 1 is 1.00 bits per heavy atom. The van der Waals surface area contributed by atoms with Crippen molar-refractivity contribution in [2.24, 2.45) is 5.73 Å². The molecule has 0 spiro atoms. The van der Waals surface area contributed by atoms with Gasteiger partial charge in [-0.1, -0.05) is 24.3 Å². The molecule has 1 aromatic heterocycles. The van der Waals surface area contributed by atoms with Gasteiger partial charge in [0.1, 0.15) is 0 Å². The van der Waals surface area contributed by atoms with Gasteiger partial charge in [-0.2, -0.15) is 0 Å². The number of nitrogens with two attached hydrogens (primary N) is 1. The van der Waals surface area contributed by atoms with E-state index in [-0.39, 0.29) is 0 Å². The maximum absolute atomic E-state index is 13.3. The number of fused-ring (bicyclic) bond motifs is 1. The fourth-order valence-electron chi connectivity index (χ4n) is 2.30. The van der Waals surface area contributed by atoms with Crippen molar-refractivity contribution in [3.05, 3.63) is 77.6 Å². The molecule has 2 nitrogen and oxygen atoms in total. The molecule has 100 valence electrons. The van der Waals surface area contributed by atoms with Crippen molar-refractivity contribution >= 4 is 10.8 Å². The van der Waals surface area contributed by atoms with Gasteiger partial charge in [0.25, 0.3) is 0 Å². The van der Waals surface area contributed by atoms with Crippen LogP contribution in [0.3, 0.4) is 0 Å². The Kier molecular flexibility index (Phi) is 3.16. The monoisotopic (exact) mass is 270 g/mol. The average Bonchev–Trinajstić information content (AvgIpc) is 2.49. The third-order valence-electron chi connectivity index (χ3n) is 3.35. The second-order valence-electron chi connectivity index (χ2n) is 4.60. The minimum absolute atomic E-state index is 0.517. The van der Waals surface area contributed by atoms with Gasteiger partial charge in [0.2, 0.25) is 0 Å². The van der Waals surface area contributed by atoms with Crippen molar-refractivity contribution < 1.29 is 8.78 Å². The minimum atomic E-state index is -0.889. The maximum atomic E-state index is 13.3. The molecule has 3 aromatic rings. The van der Waals surface area contributed by atoms with Gasteiger partial charge in [0.15, 0.2) is 11.6 Å². The Morgan fingerprint density at radius 3 is 2.65 bits per heavy atom. The predicted octanol–water partition coefficient (Wildman–Crippen LogP) is 3.56. The van der Waals surface area contributed by atoms with Crippen molar-refractivity contribution in [2.45, 2.75) is 6.04 Å². The van der Waals surface area contributed by atoms with E-state index in [0.29, 0.717) is 5.56 Å². The fourth-order valence-corrected chi connectivity index (χ4v) is 2.30. The first kappa shape index (κ1) is 12.7. The molecule has 0 radical (unpaired) electrons. The standard InChI is InChI=1S/C16H12F2N2/c17-14-5-4-10(8-15(14)18)16(19)13-3-1-2-11-9-20-7-6-12(11)13/h1-9,16H,19H2. The average molecular weight is 270 g/mol. The summed E-state index contributed by atoms with van der Waals surface area (Å²) in [5.41, 5.74) is 7.58. The molecule has 0 saturated carbocycles. The van der Waals surface area contributed by atoms with E-state index in [9.17, 15) is 8.78 Å². The third kappa shape index (κ3) is 2.14. The summed E-state index contributed by atoms with van der Waals surface area (Å²) in [5, 5.41) is 1.92. The molecule has 0 bridgehead atoms. The summed E-state index contributed by atoms with van der Waals surface area (Å²) in [6.45, 7) is 0. The molecule has 2 N–H and O–H groups in total. The van der Waals surface area contributed by atoms with Gasteiger partial charge in [-0.15, -0.1) is 0 Å². The Balaban J connectivity index is 2.12. The molecule has 20 heavy (non-hydrogen) atoms. The topological polar surface area (TPSA) is 38.9 Å². The van der Waals surface area contributed by atoms with E-state index < -0.39 is 17.7 Å². The third-order valence-corrected chi connectivity index (χ3v) is 3.35. The molecule has 3 rings (SSSR count). The van der Waals surface area contributed by atoms with Crippen molar-refractivity contribution in [3.63, 3.8) is 0 Å². The second-order valence-corrected chi connectivity index (χ2v) is 4.60. The van der Waals surface area contributed by atoms with Crippen LogP contribution < -0.4 is 5.73 Å². The number of benzene rings is 2. The van der Waals surface area contributed by atoms with Crippen LogP contribution in [0.1, 0.15) is 17.2 Å². The van der Waals surface area contributed by atoms with Crippen LogP contribution >= 0.6 is 0 Å². The molecule has 1 unspecified atom stereocenters. The van der Waals surface area contributed by atoms with Crippen LogP contribution in [0, 0.1) is 11.6 Å². The number of rotatable bonds is 2. The smallest absolute Gasteiger partial charge is 0.159 e. The molecule has 2 aromatic carbocycles. The largest absolute Gasteiger partial charge is 0.320 e. The van der Waals surface area contributed by atoms with Gasteiger partial charge >= 0.3 is 0 Å². The summed E-state index contributed by atoms with van der Waals surface area (Å²) in [5.74, 6) is -1.76. The molecule has 0 aliphatic heterocycles. The normalized spacial score (nSPS) is 12.6. The predicted molar refractivity (Wildman–Crippen MR) is 74.1 cm³/mol. The van der Waals surface area contributed by atoms with Crippen molar-refractivity contribution in [1.29, 1.82) is 0 Å². The maximum Gasteiger partial charge on any atom is 0.159 e. The Labute approximate surface area is 114 Å². The van der Waals surface area contributed by atoms with Crippen molar-refractivity contribution in [3.8, 4) is 0 Å². The molecule has 0 amide bonds. The highest BCUT2D eigenvalue weighted by Crippen LogP contribution is 2.27. The first-order valence-corrected chi connectivity index (χ1v) is 6.20. The first-order chi connectivity index (χ1) is 9.66. The number of hydrogen-bond acceptors (Lipinski definition) is 2. The molecule has 0 saturated heterocycles. The van der Waals surface area contributed by atoms with E-state index in [1.165, 1.54) is 6.07 Å². The summed E-state index contributed by atoms with van der Waals surface area (Å²) in [6.07, 6.45) is 3.43. The van der Waals surface area contributed by atoms with Gasteiger partial charge in [-0.25, -0.2) is 8.78 Å². The molecular formula is C16H12F2N2.